The Hall–Kier alpha value is -3.42. The largest absolute Gasteiger partial charge is 0.347 e. The van der Waals surface area contributed by atoms with E-state index in [1.165, 1.54) is 18.3 Å². The first-order valence-electron chi connectivity index (χ1n) is 10.3. The number of carbonyl (C=O) groups is 1. The molecule has 8 heteroatoms. The van der Waals surface area contributed by atoms with Crippen molar-refractivity contribution >= 4 is 11.9 Å². The van der Waals surface area contributed by atoms with Crippen LogP contribution in [-0.4, -0.2) is 57.9 Å². The third-order valence-electron chi connectivity index (χ3n) is 5.51. The number of hydrogen-bond acceptors (Lipinski definition) is 6. The van der Waals surface area contributed by atoms with Crippen molar-refractivity contribution < 1.29 is 9.18 Å². The van der Waals surface area contributed by atoms with Crippen molar-refractivity contribution in [2.24, 2.45) is 0 Å². The molecule has 1 aliphatic heterocycles. The van der Waals surface area contributed by atoms with Crippen molar-refractivity contribution in [1.29, 1.82) is 0 Å². The number of halogens is 1. The Balaban J connectivity index is 1.57. The van der Waals surface area contributed by atoms with Crippen LogP contribution >= 0.6 is 0 Å². The number of carbonyl (C=O) groups excluding carboxylic acids is 1. The molecular formula is C23H25FN6O. The lowest BCUT2D eigenvalue weighted by Gasteiger charge is -2.32. The number of amides is 1. The number of piperidine rings is 1. The smallest absolute Gasteiger partial charge is 0.274 e. The van der Waals surface area contributed by atoms with E-state index in [0.29, 0.717) is 24.7 Å². The minimum atomic E-state index is -0.292. The fourth-order valence-electron chi connectivity index (χ4n) is 3.81. The highest BCUT2D eigenvalue weighted by molar-refractivity contribution is 5.92. The maximum absolute atomic E-state index is 13.9. The van der Waals surface area contributed by atoms with Crippen LogP contribution in [0.4, 0.5) is 10.3 Å². The summed E-state index contributed by atoms with van der Waals surface area (Å²) < 4.78 is 13.9. The summed E-state index contributed by atoms with van der Waals surface area (Å²) in [5.74, 6) is 0.365. The van der Waals surface area contributed by atoms with Crippen LogP contribution in [0.5, 0.6) is 0 Å². The van der Waals surface area contributed by atoms with Crippen LogP contribution in [0, 0.1) is 12.7 Å². The average molecular weight is 420 g/mol. The van der Waals surface area contributed by atoms with Crippen molar-refractivity contribution in [1.82, 2.24) is 24.8 Å². The molecule has 0 radical (unpaired) electrons. The molecule has 1 fully saturated rings. The van der Waals surface area contributed by atoms with Crippen LogP contribution in [0.15, 0.2) is 42.9 Å². The Morgan fingerprint density at radius 3 is 2.52 bits per heavy atom. The van der Waals surface area contributed by atoms with Gasteiger partial charge in [0, 0.05) is 51.1 Å². The second-order valence-corrected chi connectivity index (χ2v) is 7.98. The number of benzene rings is 1. The molecular weight excluding hydrogens is 395 g/mol. The van der Waals surface area contributed by atoms with E-state index in [2.05, 4.69) is 15.0 Å². The monoisotopic (exact) mass is 420 g/mol. The van der Waals surface area contributed by atoms with Gasteiger partial charge in [0.2, 0.25) is 5.95 Å². The first-order chi connectivity index (χ1) is 14.9. The zero-order chi connectivity index (χ0) is 22.0. The Kier molecular flexibility index (Phi) is 5.88. The molecule has 31 heavy (non-hydrogen) atoms. The molecule has 0 N–H and O–H groups in total. The zero-order valence-electron chi connectivity index (χ0n) is 17.9. The Morgan fingerprint density at radius 2 is 1.87 bits per heavy atom. The van der Waals surface area contributed by atoms with E-state index in [-0.39, 0.29) is 17.6 Å². The maximum atomic E-state index is 13.9. The van der Waals surface area contributed by atoms with Gasteiger partial charge >= 0.3 is 0 Å². The lowest BCUT2D eigenvalue weighted by Crippen LogP contribution is -2.38. The predicted molar refractivity (Wildman–Crippen MR) is 116 cm³/mol. The van der Waals surface area contributed by atoms with Crippen LogP contribution in [0.3, 0.4) is 0 Å². The first kappa shape index (κ1) is 20.8. The summed E-state index contributed by atoms with van der Waals surface area (Å²) >= 11 is 0. The normalized spacial score (nSPS) is 14.5. The highest BCUT2D eigenvalue weighted by Gasteiger charge is 2.28. The molecule has 0 unspecified atom stereocenters. The van der Waals surface area contributed by atoms with Crippen LogP contribution in [-0.2, 0) is 0 Å². The Bertz CT molecular complexity index is 1080. The van der Waals surface area contributed by atoms with Gasteiger partial charge in [0.1, 0.15) is 11.5 Å². The van der Waals surface area contributed by atoms with Gasteiger partial charge in [-0.2, -0.15) is 0 Å². The van der Waals surface area contributed by atoms with Gasteiger partial charge in [-0.1, -0.05) is 12.1 Å². The number of rotatable bonds is 4. The van der Waals surface area contributed by atoms with Gasteiger partial charge in [0.25, 0.3) is 5.91 Å². The summed E-state index contributed by atoms with van der Waals surface area (Å²) in [5.41, 5.74) is 3.63. The fraction of sp³-hybridized carbons (Fsp3) is 0.348. The van der Waals surface area contributed by atoms with E-state index < -0.39 is 0 Å². The van der Waals surface area contributed by atoms with Crippen molar-refractivity contribution in [3.05, 3.63) is 65.8 Å². The van der Waals surface area contributed by atoms with Gasteiger partial charge in [0.15, 0.2) is 0 Å². The van der Waals surface area contributed by atoms with Gasteiger partial charge in [-0.05, 0) is 37.5 Å². The highest BCUT2D eigenvalue weighted by atomic mass is 19.1. The zero-order valence-corrected chi connectivity index (χ0v) is 17.9. The van der Waals surface area contributed by atoms with E-state index in [1.54, 1.807) is 18.5 Å². The number of anilines is 1. The summed E-state index contributed by atoms with van der Waals surface area (Å²) in [7, 11) is 3.79. The van der Waals surface area contributed by atoms with Crippen molar-refractivity contribution in [2.45, 2.75) is 25.7 Å². The molecule has 0 aliphatic carbocycles. The molecule has 3 heterocycles. The topological polar surface area (TPSA) is 75.1 Å². The van der Waals surface area contributed by atoms with Gasteiger partial charge in [-0.15, -0.1) is 0 Å². The molecule has 2 aromatic heterocycles. The molecule has 0 bridgehead atoms. The molecule has 4 rings (SSSR count). The van der Waals surface area contributed by atoms with E-state index in [1.807, 2.05) is 36.9 Å². The van der Waals surface area contributed by atoms with Crippen LogP contribution in [0.1, 0.15) is 40.6 Å². The number of nitrogens with zero attached hydrogens (tertiary/aromatic N) is 6. The van der Waals surface area contributed by atoms with E-state index in [9.17, 15) is 9.18 Å². The summed E-state index contributed by atoms with van der Waals surface area (Å²) in [6.45, 7) is 3.04. The molecule has 160 valence electrons. The second-order valence-electron chi connectivity index (χ2n) is 7.98. The molecule has 0 atom stereocenters. The summed E-state index contributed by atoms with van der Waals surface area (Å²) in [6.07, 6.45) is 6.43. The number of likely N-dealkylation sites (tertiary alicyclic amines) is 1. The quantitative estimate of drug-likeness (QED) is 0.643. The van der Waals surface area contributed by atoms with Gasteiger partial charge in [-0.25, -0.2) is 19.3 Å². The van der Waals surface area contributed by atoms with Crippen LogP contribution < -0.4 is 4.90 Å². The summed E-state index contributed by atoms with van der Waals surface area (Å²) in [4.78, 5) is 34.1. The fourth-order valence-corrected chi connectivity index (χ4v) is 3.81. The van der Waals surface area contributed by atoms with E-state index in [4.69, 9.17) is 4.98 Å². The Morgan fingerprint density at radius 1 is 1.10 bits per heavy atom. The van der Waals surface area contributed by atoms with E-state index in [0.717, 1.165) is 35.4 Å². The summed E-state index contributed by atoms with van der Waals surface area (Å²) in [6, 6.07) is 6.50. The van der Waals surface area contributed by atoms with Crippen molar-refractivity contribution in [3.8, 4) is 11.1 Å². The molecule has 1 amide bonds. The molecule has 1 aromatic carbocycles. The molecule has 0 saturated carbocycles. The number of aromatic nitrogens is 4. The van der Waals surface area contributed by atoms with Gasteiger partial charge in [0.05, 0.1) is 17.6 Å². The first-order valence-corrected chi connectivity index (χ1v) is 10.3. The molecule has 1 aliphatic rings. The molecule has 1 saturated heterocycles. The number of aryl methyl sites for hydroxylation is 1. The van der Waals surface area contributed by atoms with Crippen molar-refractivity contribution in [2.75, 3.05) is 32.1 Å². The minimum absolute atomic E-state index is 0.104. The van der Waals surface area contributed by atoms with Crippen molar-refractivity contribution in [3.63, 3.8) is 0 Å². The highest BCUT2D eigenvalue weighted by Crippen LogP contribution is 2.35. The number of hydrogen-bond donors (Lipinski definition) is 0. The predicted octanol–water partition coefficient (Wildman–Crippen LogP) is 3.47. The molecule has 3 aromatic rings. The second kappa shape index (κ2) is 8.75. The van der Waals surface area contributed by atoms with Crippen LogP contribution in [0.25, 0.3) is 11.1 Å². The molecule has 0 spiro atoms. The van der Waals surface area contributed by atoms with Gasteiger partial charge < -0.3 is 9.80 Å². The standard InChI is InChI=1S/C23H25FN6O/c1-15-12-26-20(14-25-15)22(31)30-9-7-16(8-10-30)21-19(13-27-23(28-21)29(2)3)17-5-4-6-18(24)11-17/h4-6,11-14,16H,7-10H2,1-3H3. The lowest BCUT2D eigenvalue weighted by atomic mass is 9.88. The third kappa shape index (κ3) is 4.52. The molecule has 7 nitrogen and oxygen atoms in total. The lowest BCUT2D eigenvalue weighted by molar-refractivity contribution is 0.0705. The Labute approximate surface area is 181 Å². The van der Waals surface area contributed by atoms with Crippen LogP contribution in [0.2, 0.25) is 0 Å². The summed E-state index contributed by atoms with van der Waals surface area (Å²) in [5, 5.41) is 0. The SMILES string of the molecule is Cc1cnc(C(=O)N2CCC(c3nc(N(C)C)ncc3-c3cccc(F)c3)CC2)cn1. The average Bonchev–Trinajstić information content (AvgIpc) is 2.79. The van der Waals surface area contributed by atoms with Gasteiger partial charge in [-0.3, -0.25) is 9.78 Å². The minimum Gasteiger partial charge on any atom is -0.347 e. The third-order valence-corrected chi connectivity index (χ3v) is 5.51. The van der Waals surface area contributed by atoms with E-state index >= 15 is 0 Å². The maximum Gasteiger partial charge on any atom is 0.274 e.